The van der Waals surface area contributed by atoms with Crippen molar-refractivity contribution in [2.45, 2.75) is 32.3 Å². The van der Waals surface area contributed by atoms with Crippen LogP contribution in [0.15, 0.2) is 24.3 Å². The summed E-state index contributed by atoms with van der Waals surface area (Å²) in [5, 5.41) is 0. The molecule has 0 saturated carbocycles. The topological polar surface area (TPSA) is 55.8 Å². The van der Waals surface area contributed by atoms with E-state index >= 15 is 0 Å². The van der Waals surface area contributed by atoms with Gasteiger partial charge in [0.25, 0.3) is 0 Å². The molecule has 2 atom stereocenters. The summed E-state index contributed by atoms with van der Waals surface area (Å²) in [5.41, 5.74) is 0.194. The smallest absolute Gasteiger partial charge is 0.410 e. The van der Waals surface area contributed by atoms with Crippen molar-refractivity contribution in [2.24, 2.45) is 5.92 Å². The normalized spacial score (nSPS) is 21.2. The van der Waals surface area contributed by atoms with Gasteiger partial charge in [-0.15, -0.1) is 0 Å². The molecular formula is C17H22FNO4. The van der Waals surface area contributed by atoms with Crippen LogP contribution in [0.1, 0.15) is 32.3 Å². The third-order valence-electron chi connectivity index (χ3n) is 3.77. The fraction of sp³-hybridized carbons (Fsp3) is 0.529. The van der Waals surface area contributed by atoms with Gasteiger partial charge in [-0.25, -0.2) is 9.18 Å². The van der Waals surface area contributed by atoms with Crippen molar-refractivity contribution >= 4 is 12.1 Å². The zero-order valence-corrected chi connectivity index (χ0v) is 13.8. The second kappa shape index (κ2) is 6.56. The number of rotatable bonds is 2. The minimum absolute atomic E-state index is 0.226. The van der Waals surface area contributed by atoms with Crippen LogP contribution in [-0.4, -0.2) is 42.8 Å². The van der Waals surface area contributed by atoms with Crippen LogP contribution >= 0.6 is 0 Å². The molecule has 2 rings (SSSR count). The number of nitrogens with zero attached hydrogens (tertiary/aromatic N) is 1. The number of amides is 1. The lowest BCUT2D eigenvalue weighted by molar-refractivity contribution is -0.145. The maximum Gasteiger partial charge on any atom is 0.410 e. The van der Waals surface area contributed by atoms with Gasteiger partial charge in [0.1, 0.15) is 11.4 Å². The standard InChI is InChI=1S/C17H22FNO4/c1-17(2,3)23-16(21)19-9-13(14(10-19)15(20)22-4)11-5-7-12(18)8-6-11/h5-8,13-14H,9-10H2,1-4H3/t13-,14+/m0/s1. The molecule has 126 valence electrons. The number of hydrogen-bond acceptors (Lipinski definition) is 4. The Kier molecular flexibility index (Phi) is 4.92. The minimum atomic E-state index is -0.605. The zero-order chi connectivity index (χ0) is 17.2. The number of methoxy groups -OCH3 is 1. The summed E-state index contributed by atoms with van der Waals surface area (Å²) in [6.07, 6.45) is -0.462. The largest absolute Gasteiger partial charge is 0.469 e. The summed E-state index contributed by atoms with van der Waals surface area (Å²) in [6.45, 7) is 5.92. The van der Waals surface area contributed by atoms with E-state index in [0.717, 1.165) is 5.56 Å². The van der Waals surface area contributed by atoms with Crippen molar-refractivity contribution in [3.8, 4) is 0 Å². The van der Waals surface area contributed by atoms with Gasteiger partial charge in [-0.2, -0.15) is 0 Å². The first-order valence-electron chi connectivity index (χ1n) is 7.52. The SMILES string of the molecule is COC(=O)[C@@H]1CN(C(=O)OC(C)(C)C)C[C@H]1c1ccc(F)cc1. The summed E-state index contributed by atoms with van der Waals surface area (Å²) in [7, 11) is 1.32. The molecule has 23 heavy (non-hydrogen) atoms. The molecule has 0 unspecified atom stereocenters. The van der Waals surface area contributed by atoms with Crippen molar-refractivity contribution in [1.82, 2.24) is 4.90 Å². The average Bonchev–Trinajstić information content (AvgIpc) is 2.91. The summed E-state index contributed by atoms with van der Waals surface area (Å²) >= 11 is 0. The fourth-order valence-corrected chi connectivity index (χ4v) is 2.72. The van der Waals surface area contributed by atoms with Gasteiger partial charge in [0.2, 0.25) is 0 Å². The lowest BCUT2D eigenvalue weighted by Crippen LogP contribution is -2.36. The quantitative estimate of drug-likeness (QED) is 0.785. The Morgan fingerprint density at radius 1 is 1.17 bits per heavy atom. The van der Waals surface area contributed by atoms with Crippen LogP contribution in [0.2, 0.25) is 0 Å². The van der Waals surface area contributed by atoms with Crippen molar-refractivity contribution in [3.05, 3.63) is 35.6 Å². The van der Waals surface area contributed by atoms with Crippen LogP contribution in [0.25, 0.3) is 0 Å². The zero-order valence-electron chi connectivity index (χ0n) is 13.8. The Hall–Kier alpha value is -2.11. The third-order valence-corrected chi connectivity index (χ3v) is 3.77. The molecule has 0 N–H and O–H groups in total. The van der Waals surface area contributed by atoms with Gasteiger partial charge in [0.05, 0.1) is 13.0 Å². The van der Waals surface area contributed by atoms with Crippen molar-refractivity contribution in [2.75, 3.05) is 20.2 Å². The monoisotopic (exact) mass is 323 g/mol. The minimum Gasteiger partial charge on any atom is -0.469 e. The molecule has 1 heterocycles. The maximum absolute atomic E-state index is 13.1. The molecular weight excluding hydrogens is 301 g/mol. The average molecular weight is 323 g/mol. The Morgan fingerprint density at radius 2 is 1.78 bits per heavy atom. The molecule has 0 aromatic heterocycles. The number of hydrogen-bond donors (Lipinski definition) is 0. The summed E-state index contributed by atoms with van der Waals surface area (Å²) in [5.74, 6) is -1.45. The molecule has 1 amide bonds. The van der Waals surface area contributed by atoms with E-state index in [1.807, 2.05) is 0 Å². The molecule has 1 aromatic rings. The molecule has 1 fully saturated rings. The number of carbonyl (C=O) groups excluding carboxylic acids is 2. The lowest BCUT2D eigenvalue weighted by atomic mass is 9.89. The lowest BCUT2D eigenvalue weighted by Gasteiger charge is -2.24. The van der Waals surface area contributed by atoms with Crippen LogP contribution < -0.4 is 0 Å². The third kappa shape index (κ3) is 4.21. The van der Waals surface area contributed by atoms with Crippen LogP contribution in [0.3, 0.4) is 0 Å². The predicted molar refractivity (Wildman–Crippen MR) is 82.5 cm³/mol. The van der Waals surface area contributed by atoms with E-state index in [-0.39, 0.29) is 24.2 Å². The summed E-state index contributed by atoms with van der Waals surface area (Å²) < 4.78 is 23.3. The van der Waals surface area contributed by atoms with Gasteiger partial charge < -0.3 is 14.4 Å². The fourth-order valence-electron chi connectivity index (χ4n) is 2.72. The molecule has 1 aliphatic heterocycles. The number of carbonyl (C=O) groups is 2. The van der Waals surface area contributed by atoms with E-state index < -0.39 is 17.6 Å². The molecule has 0 bridgehead atoms. The van der Waals surface area contributed by atoms with E-state index in [1.54, 1.807) is 32.9 Å². The highest BCUT2D eigenvalue weighted by atomic mass is 19.1. The molecule has 1 saturated heterocycles. The number of likely N-dealkylation sites (tertiary alicyclic amines) is 1. The molecule has 0 spiro atoms. The van der Waals surface area contributed by atoms with Crippen LogP contribution in [0.4, 0.5) is 9.18 Å². The number of esters is 1. The van der Waals surface area contributed by atoms with Gasteiger partial charge in [0.15, 0.2) is 0 Å². The van der Waals surface area contributed by atoms with Crippen LogP contribution in [0.5, 0.6) is 0 Å². The molecule has 5 nitrogen and oxygen atoms in total. The first-order valence-corrected chi connectivity index (χ1v) is 7.52. The highest BCUT2D eigenvalue weighted by molar-refractivity contribution is 5.77. The van der Waals surface area contributed by atoms with Gasteiger partial charge in [-0.3, -0.25) is 4.79 Å². The number of halogens is 1. The molecule has 0 radical (unpaired) electrons. The number of benzene rings is 1. The van der Waals surface area contributed by atoms with Gasteiger partial charge in [-0.1, -0.05) is 12.1 Å². The Morgan fingerprint density at radius 3 is 2.30 bits per heavy atom. The summed E-state index contributed by atoms with van der Waals surface area (Å²) in [6, 6.07) is 5.96. The van der Waals surface area contributed by atoms with Crippen molar-refractivity contribution in [1.29, 1.82) is 0 Å². The highest BCUT2D eigenvalue weighted by Crippen LogP contribution is 2.34. The van der Waals surface area contributed by atoms with E-state index in [0.29, 0.717) is 6.54 Å². The second-order valence-electron chi connectivity index (χ2n) is 6.67. The van der Waals surface area contributed by atoms with Crippen LogP contribution in [-0.2, 0) is 14.3 Å². The maximum atomic E-state index is 13.1. The first-order chi connectivity index (χ1) is 10.7. The van der Waals surface area contributed by atoms with E-state index in [9.17, 15) is 14.0 Å². The Bertz CT molecular complexity index is 579. The molecule has 0 aliphatic carbocycles. The second-order valence-corrected chi connectivity index (χ2v) is 6.67. The predicted octanol–water partition coefficient (Wildman–Crippen LogP) is 2.95. The highest BCUT2D eigenvalue weighted by Gasteiger charge is 2.42. The first kappa shape index (κ1) is 17.2. The van der Waals surface area contributed by atoms with Crippen LogP contribution in [0, 0.1) is 11.7 Å². The van der Waals surface area contributed by atoms with E-state index in [1.165, 1.54) is 24.1 Å². The Labute approximate surface area is 135 Å². The van der Waals surface area contributed by atoms with E-state index in [4.69, 9.17) is 9.47 Å². The molecule has 6 heteroatoms. The number of ether oxygens (including phenoxy) is 2. The van der Waals surface area contributed by atoms with Gasteiger partial charge >= 0.3 is 12.1 Å². The van der Waals surface area contributed by atoms with Gasteiger partial charge in [0, 0.05) is 19.0 Å². The van der Waals surface area contributed by atoms with Gasteiger partial charge in [-0.05, 0) is 38.5 Å². The van der Waals surface area contributed by atoms with E-state index in [2.05, 4.69) is 0 Å². The van der Waals surface area contributed by atoms with Crippen molar-refractivity contribution in [3.63, 3.8) is 0 Å². The summed E-state index contributed by atoms with van der Waals surface area (Å²) in [4.78, 5) is 25.8. The molecule has 1 aromatic carbocycles. The Balaban J connectivity index is 2.20. The molecule has 1 aliphatic rings. The van der Waals surface area contributed by atoms with Crippen molar-refractivity contribution < 1.29 is 23.5 Å².